The summed E-state index contributed by atoms with van der Waals surface area (Å²) in [6.07, 6.45) is -1.14. The second-order valence-corrected chi connectivity index (χ2v) is 5.70. The lowest BCUT2D eigenvalue weighted by molar-refractivity contribution is -0.0808. The molecule has 1 aromatic heterocycles. The van der Waals surface area contributed by atoms with Crippen molar-refractivity contribution in [3.8, 4) is 0 Å². The molecule has 0 aromatic carbocycles. The van der Waals surface area contributed by atoms with E-state index in [1.54, 1.807) is 18.3 Å². The van der Waals surface area contributed by atoms with E-state index < -0.39 is 6.18 Å². The average molecular weight is 287 g/mol. The van der Waals surface area contributed by atoms with Gasteiger partial charge in [0.2, 0.25) is 0 Å². The minimum absolute atomic E-state index is 0.0899. The number of pyridine rings is 1. The van der Waals surface area contributed by atoms with Crippen LogP contribution in [0.5, 0.6) is 0 Å². The third-order valence-corrected chi connectivity index (χ3v) is 2.92. The van der Waals surface area contributed by atoms with Crippen molar-refractivity contribution in [1.29, 1.82) is 0 Å². The normalized spacial score (nSPS) is 14.8. The number of anilines is 1. The Morgan fingerprint density at radius 3 is 2.40 bits per heavy atom. The highest BCUT2D eigenvalue weighted by Gasteiger charge is 2.27. The van der Waals surface area contributed by atoms with Crippen LogP contribution in [-0.2, 0) is 0 Å². The summed E-state index contributed by atoms with van der Waals surface area (Å²) in [6.45, 7) is 7.72. The Morgan fingerprint density at radius 1 is 1.30 bits per heavy atom. The lowest BCUT2D eigenvalue weighted by Gasteiger charge is -2.30. The van der Waals surface area contributed by atoms with Crippen LogP contribution in [0.15, 0.2) is 36.4 Å². The Balaban J connectivity index is 2.90. The number of aromatic nitrogens is 1. The third-order valence-electron chi connectivity index (χ3n) is 2.92. The van der Waals surface area contributed by atoms with Crippen LogP contribution in [0.4, 0.5) is 18.9 Å². The van der Waals surface area contributed by atoms with Crippen LogP contribution in [0.2, 0.25) is 0 Å². The second-order valence-electron chi connectivity index (χ2n) is 5.70. The van der Waals surface area contributed by atoms with Crippen LogP contribution in [0.1, 0.15) is 27.7 Å². The maximum Gasteiger partial charge on any atom is 0.413 e. The molecule has 0 amide bonds. The first-order chi connectivity index (χ1) is 9.08. The van der Waals surface area contributed by atoms with Crippen molar-refractivity contribution < 1.29 is 13.2 Å². The molecule has 1 atom stereocenters. The molecule has 0 saturated carbocycles. The summed E-state index contributed by atoms with van der Waals surface area (Å²) < 4.78 is 37.8. The van der Waals surface area contributed by atoms with Gasteiger partial charge in [-0.05, 0) is 24.5 Å². The van der Waals surface area contributed by atoms with Gasteiger partial charge in [0.1, 0.15) is 5.82 Å². The molecule has 0 saturated heterocycles. The van der Waals surface area contributed by atoms with Gasteiger partial charge >= 0.3 is 6.18 Å². The van der Waals surface area contributed by atoms with Crippen molar-refractivity contribution in [3.05, 3.63) is 36.4 Å². The molecule has 0 radical (unpaired) electrons. The zero-order valence-electron chi connectivity index (χ0n) is 12.0. The highest BCUT2D eigenvalue weighted by atomic mass is 19.4. The number of allylic oxidation sites excluding steroid dienone is 1. The number of alkyl halides is 3. The number of hydrogen-bond donors (Lipinski definition) is 2. The van der Waals surface area contributed by atoms with Gasteiger partial charge in [0.15, 0.2) is 0 Å². The monoisotopic (exact) mass is 287 g/mol. The van der Waals surface area contributed by atoms with Gasteiger partial charge in [0.05, 0.1) is 18.0 Å². The van der Waals surface area contributed by atoms with Gasteiger partial charge in [0, 0.05) is 12.2 Å². The third kappa shape index (κ3) is 5.95. The van der Waals surface area contributed by atoms with Crippen molar-refractivity contribution in [2.75, 3.05) is 5.32 Å². The van der Waals surface area contributed by atoms with Crippen LogP contribution >= 0.6 is 0 Å². The van der Waals surface area contributed by atoms with Crippen molar-refractivity contribution in [2.45, 2.75) is 39.9 Å². The highest BCUT2D eigenvalue weighted by molar-refractivity contribution is 5.45. The standard InChI is InChI=1S/C14H20F3N3/c1-10(13(2,3)4)19-12(8-14(15,16)17)20-11-6-5-7-18-9-11/h5-10,19-20H,1-4H3. The van der Waals surface area contributed by atoms with E-state index in [2.05, 4.69) is 15.6 Å². The van der Waals surface area contributed by atoms with Crippen molar-refractivity contribution in [3.63, 3.8) is 0 Å². The van der Waals surface area contributed by atoms with Gasteiger partial charge in [0.25, 0.3) is 0 Å². The van der Waals surface area contributed by atoms with E-state index in [9.17, 15) is 13.2 Å². The highest BCUT2D eigenvalue weighted by Crippen LogP contribution is 2.23. The topological polar surface area (TPSA) is 37.0 Å². The largest absolute Gasteiger partial charge is 0.413 e. The average Bonchev–Trinajstić information content (AvgIpc) is 2.26. The first-order valence-electron chi connectivity index (χ1n) is 6.31. The molecule has 1 unspecified atom stereocenters. The lowest BCUT2D eigenvalue weighted by Crippen LogP contribution is -2.39. The Labute approximate surface area is 117 Å². The minimum Gasteiger partial charge on any atom is -0.369 e. The van der Waals surface area contributed by atoms with Crippen LogP contribution in [0, 0.1) is 5.41 Å². The predicted molar refractivity (Wildman–Crippen MR) is 74.1 cm³/mol. The van der Waals surface area contributed by atoms with Gasteiger partial charge in [-0.3, -0.25) is 4.98 Å². The number of nitrogens with one attached hydrogen (secondary N) is 2. The summed E-state index contributed by atoms with van der Waals surface area (Å²) >= 11 is 0. The van der Waals surface area contributed by atoms with Crippen molar-refractivity contribution in [1.82, 2.24) is 10.3 Å². The quantitative estimate of drug-likeness (QED) is 0.881. The summed E-state index contributed by atoms with van der Waals surface area (Å²) in [7, 11) is 0. The van der Waals surface area contributed by atoms with Gasteiger partial charge in [-0.25, -0.2) is 0 Å². The van der Waals surface area contributed by atoms with Gasteiger partial charge in [-0.1, -0.05) is 20.8 Å². The van der Waals surface area contributed by atoms with E-state index in [0.29, 0.717) is 5.69 Å². The molecule has 1 heterocycles. The fraction of sp³-hybridized carbons (Fsp3) is 0.500. The summed E-state index contributed by atoms with van der Waals surface area (Å²) in [4.78, 5) is 3.86. The molecule has 0 aliphatic rings. The first-order valence-corrected chi connectivity index (χ1v) is 6.31. The smallest absolute Gasteiger partial charge is 0.369 e. The van der Waals surface area contributed by atoms with E-state index in [-0.39, 0.29) is 23.4 Å². The summed E-state index contributed by atoms with van der Waals surface area (Å²) in [6, 6.07) is 3.17. The lowest BCUT2D eigenvalue weighted by atomic mass is 9.88. The van der Waals surface area contributed by atoms with Crippen LogP contribution in [0.3, 0.4) is 0 Å². The molecule has 1 rings (SSSR count). The van der Waals surface area contributed by atoms with Gasteiger partial charge < -0.3 is 10.6 Å². The fourth-order valence-corrected chi connectivity index (χ4v) is 1.32. The zero-order chi connectivity index (χ0) is 15.4. The van der Waals surface area contributed by atoms with Crippen LogP contribution in [-0.4, -0.2) is 17.2 Å². The number of halogens is 3. The molecule has 0 bridgehead atoms. The van der Waals surface area contributed by atoms with Crippen LogP contribution in [0.25, 0.3) is 0 Å². The number of nitrogens with zero attached hydrogens (tertiary/aromatic N) is 1. The summed E-state index contributed by atoms with van der Waals surface area (Å²) in [5, 5.41) is 5.57. The molecule has 6 heteroatoms. The zero-order valence-corrected chi connectivity index (χ0v) is 12.0. The molecule has 0 spiro atoms. The Bertz CT molecular complexity index is 447. The maximum absolute atomic E-state index is 12.6. The Hall–Kier alpha value is -1.72. The van der Waals surface area contributed by atoms with E-state index in [4.69, 9.17) is 0 Å². The SMILES string of the molecule is CC(NC(=CC(F)(F)F)Nc1cccnc1)C(C)(C)C. The minimum atomic E-state index is -4.39. The predicted octanol–water partition coefficient (Wildman–Crippen LogP) is 3.92. The van der Waals surface area contributed by atoms with E-state index in [1.807, 2.05) is 27.7 Å². The Morgan fingerprint density at radius 2 is 1.95 bits per heavy atom. The molecule has 3 nitrogen and oxygen atoms in total. The van der Waals surface area contributed by atoms with Crippen LogP contribution < -0.4 is 10.6 Å². The fourth-order valence-electron chi connectivity index (χ4n) is 1.32. The molecule has 0 aliphatic carbocycles. The Kier molecular flexibility index (Phi) is 5.03. The van der Waals surface area contributed by atoms with E-state index in [0.717, 1.165) is 0 Å². The maximum atomic E-state index is 12.6. The number of rotatable bonds is 4. The first kappa shape index (κ1) is 16.3. The van der Waals surface area contributed by atoms with Crippen molar-refractivity contribution in [2.24, 2.45) is 5.41 Å². The number of hydrogen-bond acceptors (Lipinski definition) is 3. The molecule has 0 fully saturated rings. The molecular weight excluding hydrogens is 267 g/mol. The summed E-state index contributed by atoms with van der Waals surface area (Å²) in [5.74, 6) is -0.0899. The molecule has 2 N–H and O–H groups in total. The molecule has 0 aliphatic heterocycles. The molecular formula is C14H20F3N3. The molecule has 112 valence electrons. The summed E-state index contributed by atoms with van der Waals surface area (Å²) in [5.41, 5.74) is 0.331. The molecule has 1 aromatic rings. The van der Waals surface area contributed by atoms with E-state index >= 15 is 0 Å². The molecule has 20 heavy (non-hydrogen) atoms. The van der Waals surface area contributed by atoms with Crippen molar-refractivity contribution >= 4 is 5.69 Å². The second kappa shape index (κ2) is 6.15. The van der Waals surface area contributed by atoms with Gasteiger partial charge in [-0.15, -0.1) is 0 Å². The van der Waals surface area contributed by atoms with E-state index in [1.165, 1.54) is 6.20 Å². The van der Waals surface area contributed by atoms with Gasteiger partial charge in [-0.2, -0.15) is 13.2 Å².